The molecule has 0 bridgehead atoms. The third kappa shape index (κ3) is 0.673. The van der Waals surface area contributed by atoms with E-state index < -0.39 is 0 Å². The van der Waals surface area contributed by atoms with E-state index in [0.29, 0.717) is 12.3 Å². The number of aromatic nitrogens is 1. The lowest BCUT2D eigenvalue weighted by Gasteiger charge is -1.90. The predicted octanol–water partition coefficient (Wildman–Crippen LogP) is 0.626. The van der Waals surface area contributed by atoms with Gasteiger partial charge < -0.3 is 5.73 Å². The van der Waals surface area contributed by atoms with E-state index in [9.17, 15) is 0 Å². The number of hydrogen-bond acceptors (Lipinski definition) is 3. The maximum absolute atomic E-state index is 5.49. The molecule has 2 heterocycles. The maximum Gasteiger partial charge on any atom is 0.106 e. The van der Waals surface area contributed by atoms with E-state index >= 15 is 0 Å². The zero-order valence-electron chi connectivity index (χ0n) is 5.41. The summed E-state index contributed by atoms with van der Waals surface area (Å²) in [4.78, 5) is 8.20. The van der Waals surface area contributed by atoms with Crippen molar-refractivity contribution in [1.82, 2.24) is 4.98 Å². The number of nitrogens with zero attached hydrogens (tertiary/aromatic N) is 2. The van der Waals surface area contributed by atoms with E-state index in [-0.39, 0.29) is 0 Å². The smallest absolute Gasteiger partial charge is 0.106 e. The molecule has 1 aliphatic heterocycles. The zero-order chi connectivity index (χ0) is 6.97. The summed E-state index contributed by atoms with van der Waals surface area (Å²) in [5.74, 6) is 0.661. The summed E-state index contributed by atoms with van der Waals surface area (Å²) in [5, 5.41) is 0. The van der Waals surface area contributed by atoms with Crippen LogP contribution < -0.4 is 5.73 Å². The molecule has 0 atom stereocenters. The molecular formula is C7H7N3. The number of pyridine rings is 1. The Labute approximate surface area is 58.6 Å². The van der Waals surface area contributed by atoms with Gasteiger partial charge in [-0.05, 0) is 12.1 Å². The van der Waals surface area contributed by atoms with Crippen LogP contribution in [-0.2, 0) is 6.42 Å². The van der Waals surface area contributed by atoms with E-state index in [1.165, 1.54) is 0 Å². The lowest BCUT2D eigenvalue weighted by atomic mass is 10.3. The molecule has 0 fully saturated rings. The number of amidine groups is 1. The van der Waals surface area contributed by atoms with Gasteiger partial charge in [-0.15, -0.1) is 0 Å². The average molecular weight is 133 g/mol. The largest absolute Gasteiger partial charge is 0.387 e. The number of nitrogens with two attached hydrogens (primary N) is 1. The number of fused-ring (bicyclic) bond motifs is 1. The average Bonchev–Trinajstić information content (AvgIpc) is 2.27. The Morgan fingerprint density at radius 2 is 2.40 bits per heavy atom. The number of rotatable bonds is 0. The lowest BCUT2D eigenvalue weighted by molar-refractivity contribution is 1.17. The van der Waals surface area contributed by atoms with Gasteiger partial charge in [0.15, 0.2) is 0 Å². The van der Waals surface area contributed by atoms with Crippen molar-refractivity contribution in [3.8, 4) is 0 Å². The van der Waals surface area contributed by atoms with Crippen LogP contribution in [0, 0.1) is 0 Å². The normalized spacial score (nSPS) is 14.6. The highest BCUT2D eigenvalue weighted by atomic mass is 14.9. The van der Waals surface area contributed by atoms with Crippen LogP contribution in [0.3, 0.4) is 0 Å². The summed E-state index contributed by atoms with van der Waals surface area (Å²) in [5.41, 5.74) is 7.40. The Morgan fingerprint density at radius 1 is 1.50 bits per heavy atom. The van der Waals surface area contributed by atoms with Crippen molar-refractivity contribution in [2.24, 2.45) is 10.7 Å². The van der Waals surface area contributed by atoms with E-state index in [2.05, 4.69) is 9.98 Å². The van der Waals surface area contributed by atoms with Crippen LogP contribution in [0.4, 0.5) is 5.69 Å². The Bertz CT molecular complexity index is 291. The van der Waals surface area contributed by atoms with Crippen LogP contribution in [-0.4, -0.2) is 10.8 Å². The Hall–Kier alpha value is -1.38. The fourth-order valence-corrected chi connectivity index (χ4v) is 1.03. The first kappa shape index (κ1) is 5.41. The molecule has 2 rings (SSSR count). The fraction of sp³-hybridized carbons (Fsp3) is 0.143. The molecule has 1 aromatic heterocycles. The summed E-state index contributed by atoms with van der Waals surface area (Å²) in [7, 11) is 0. The highest BCUT2D eigenvalue weighted by Crippen LogP contribution is 2.21. The quantitative estimate of drug-likeness (QED) is 0.564. The number of hydrogen-bond donors (Lipinski definition) is 1. The Kier molecular flexibility index (Phi) is 0.974. The van der Waals surface area contributed by atoms with Crippen molar-refractivity contribution >= 4 is 11.5 Å². The summed E-state index contributed by atoms with van der Waals surface area (Å²) in [6, 6.07) is 3.78. The summed E-state index contributed by atoms with van der Waals surface area (Å²) in [6.07, 6.45) is 2.46. The first-order valence-electron chi connectivity index (χ1n) is 3.13. The third-order valence-electron chi connectivity index (χ3n) is 1.48. The van der Waals surface area contributed by atoms with Gasteiger partial charge in [0.05, 0.1) is 11.4 Å². The monoisotopic (exact) mass is 133 g/mol. The molecule has 3 nitrogen and oxygen atoms in total. The van der Waals surface area contributed by atoms with Gasteiger partial charge in [-0.25, -0.2) is 4.99 Å². The topological polar surface area (TPSA) is 51.3 Å². The molecule has 2 N–H and O–H groups in total. The van der Waals surface area contributed by atoms with Gasteiger partial charge in [0.1, 0.15) is 5.84 Å². The van der Waals surface area contributed by atoms with Gasteiger partial charge in [-0.1, -0.05) is 0 Å². The Morgan fingerprint density at radius 3 is 3.20 bits per heavy atom. The van der Waals surface area contributed by atoms with Crippen molar-refractivity contribution in [2.75, 3.05) is 0 Å². The van der Waals surface area contributed by atoms with Gasteiger partial charge >= 0.3 is 0 Å². The fourth-order valence-electron chi connectivity index (χ4n) is 1.03. The van der Waals surface area contributed by atoms with Crippen molar-refractivity contribution < 1.29 is 0 Å². The predicted molar refractivity (Wildman–Crippen MR) is 39.2 cm³/mol. The second kappa shape index (κ2) is 1.80. The first-order valence-corrected chi connectivity index (χ1v) is 3.13. The highest BCUT2D eigenvalue weighted by Gasteiger charge is 2.10. The summed E-state index contributed by atoms with van der Waals surface area (Å²) >= 11 is 0. The molecule has 1 aliphatic rings. The minimum atomic E-state index is 0.661. The van der Waals surface area contributed by atoms with Gasteiger partial charge in [-0.3, -0.25) is 4.98 Å². The molecule has 0 radical (unpaired) electrons. The van der Waals surface area contributed by atoms with Crippen LogP contribution in [0.25, 0.3) is 0 Å². The van der Waals surface area contributed by atoms with E-state index in [4.69, 9.17) is 5.73 Å². The van der Waals surface area contributed by atoms with Crippen LogP contribution >= 0.6 is 0 Å². The summed E-state index contributed by atoms with van der Waals surface area (Å²) < 4.78 is 0. The molecule has 50 valence electrons. The van der Waals surface area contributed by atoms with Crippen molar-refractivity contribution in [3.05, 3.63) is 24.0 Å². The number of aliphatic imine (C=N–C) groups is 1. The van der Waals surface area contributed by atoms with Crippen molar-refractivity contribution in [2.45, 2.75) is 6.42 Å². The van der Waals surface area contributed by atoms with Crippen LogP contribution in [0.15, 0.2) is 23.3 Å². The summed E-state index contributed by atoms with van der Waals surface area (Å²) in [6.45, 7) is 0. The third-order valence-corrected chi connectivity index (χ3v) is 1.48. The second-order valence-corrected chi connectivity index (χ2v) is 2.25. The minimum absolute atomic E-state index is 0.661. The molecule has 0 aliphatic carbocycles. The van der Waals surface area contributed by atoms with Gasteiger partial charge in [0.25, 0.3) is 0 Å². The molecule has 10 heavy (non-hydrogen) atoms. The molecule has 0 amide bonds. The van der Waals surface area contributed by atoms with Crippen LogP contribution in [0.5, 0.6) is 0 Å². The van der Waals surface area contributed by atoms with Gasteiger partial charge in [0.2, 0.25) is 0 Å². The molecule has 3 heteroatoms. The molecule has 0 saturated heterocycles. The van der Waals surface area contributed by atoms with E-state index in [1.54, 1.807) is 6.20 Å². The second-order valence-electron chi connectivity index (χ2n) is 2.25. The highest BCUT2D eigenvalue weighted by molar-refractivity contribution is 5.89. The molecule has 1 aromatic rings. The van der Waals surface area contributed by atoms with E-state index in [1.807, 2.05) is 12.1 Å². The Balaban J connectivity index is 2.54. The lowest BCUT2D eigenvalue weighted by Crippen LogP contribution is -2.10. The van der Waals surface area contributed by atoms with Crippen molar-refractivity contribution in [3.63, 3.8) is 0 Å². The molecule has 0 aromatic carbocycles. The molecule has 0 unspecified atom stereocenters. The van der Waals surface area contributed by atoms with Crippen molar-refractivity contribution in [1.29, 1.82) is 0 Å². The minimum Gasteiger partial charge on any atom is -0.387 e. The van der Waals surface area contributed by atoms with Gasteiger partial charge in [0, 0.05) is 12.6 Å². The maximum atomic E-state index is 5.49. The van der Waals surface area contributed by atoms with Gasteiger partial charge in [-0.2, -0.15) is 0 Å². The molecular weight excluding hydrogens is 126 g/mol. The SMILES string of the molecule is NC1=Nc2cccnc2C1. The van der Waals surface area contributed by atoms with E-state index in [0.717, 1.165) is 11.4 Å². The zero-order valence-corrected chi connectivity index (χ0v) is 5.41. The molecule has 0 spiro atoms. The molecule has 0 saturated carbocycles. The van der Waals surface area contributed by atoms with Crippen LogP contribution in [0.2, 0.25) is 0 Å². The first-order chi connectivity index (χ1) is 4.86. The standard InChI is InChI=1S/C7H7N3/c8-7-4-6-5(10-7)2-1-3-9-6/h1-3H,4H2,(H2,8,10). The van der Waals surface area contributed by atoms with Crippen LogP contribution in [0.1, 0.15) is 5.69 Å².